The quantitative estimate of drug-likeness (QED) is 0.927. The molecular weight excluding hydrogens is 272 g/mol. The number of nitrogens with zero attached hydrogens (tertiary/aromatic N) is 1. The molecule has 15 heavy (non-hydrogen) atoms. The van der Waals surface area contributed by atoms with Crippen molar-refractivity contribution in [2.24, 2.45) is 5.73 Å². The molecule has 2 rings (SSSR count). The summed E-state index contributed by atoms with van der Waals surface area (Å²) in [6.45, 7) is 1.02. The molecule has 4 heteroatoms. The number of thiophene rings is 1. The molecule has 1 aromatic rings. The van der Waals surface area contributed by atoms with Crippen molar-refractivity contribution in [1.29, 1.82) is 0 Å². The molecule has 1 aliphatic rings. The van der Waals surface area contributed by atoms with E-state index in [1.807, 2.05) is 11.3 Å². The number of hydrogen-bond donors (Lipinski definition) is 1. The molecule has 0 aliphatic heterocycles. The summed E-state index contributed by atoms with van der Waals surface area (Å²) in [6, 6.07) is 5.25. The maximum Gasteiger partial charge on any atom is 0.0701 e. The minimum absolute atomic E-state index is 0.374. The fraction of sp³-hybridized carbons (Fsp3) is 0.636. The van der Waals surface area contributed by atoms with Crippen LogP contribution in [0.4, 0.5) is 0 Å². The van der Waals surface area contributed by atoms with E-state index in [1.165, 1.54) is 27.9 Å². The Morgan fingerprint density at radius 1 is 1.53 bits per heavy atom. The van der Waals surface area contributed by atoms with E-state index < -0.39 is 0 Å². The van der Waals surface area contributed by atoms with E-state index >= 15 is 0 Å². The molecule has 2 atom stereocenters. The van der Waals surface area contributed by atoms with Crippen LogP contribution in [0.1, 0.15) is 24.1 Å². The second-order valence-electron chi connectivity index (χ2n) is 4.28. The molecular formula is C11H17BrN2S. The highest BCUT2D eigenvalue weighted by molar-refractivity contribution is 9.11. The number of likely N-dealkylation sites (N-methyl/N-ethyl adjacent to an activating group) is 1. The summed E-state index contributed by atoms with van der Waals surface area (Å²) in [5, 5.41) is 0. The van der Waals surface area contributed by atoms with Crippen LogP contribution in [-0.2, 0) is 6.54 Å². The third kappa shape index (κ3) is 2.81. The lowest BCUT2D eigenvalue weighted by Crippen LogP contribution is -2.41. The lowest BCUT2D eigenvalue weighted by molar-refractivity contribution is 0.222. The third-order valence-electron chi connectivity index (χ3n) is 3.13. The van der Waals surface area contributed by atoms with Gasteiger partial charge in [0.1, 0.15) is 0 Å². The Balaban J connectivity index is 1.94. The van der Waals surface area contributed by atoms with E-state index in [0.29, 0.717) is 12.1 Å². The molecule has 0 bridgehead atoms. The Morgan fingerprint density at radius 2 is 2.33 bits per heavy atom. The van der Waals surface area contributed by atoms with Crippen LogP contribution in [0.2, 0.25) is 0 Å². The molecule has 0 amide bonds. The van der Waals surface area contributed by atoms with Crippen molar-refractivity contribution in [3.8, 4) is 0 Å². The topological polar surface area (TPSA) is 29.3 Å². The van der Waals surface area contributed by atoms with Crippen LogP contribution in [0.5, 0.6) is 0 Å². The van der Waals surface area contributed by atoms with Crippen LogP contribution in [-0.4, -0.2) is 24.0 Å². The van der Waals surface area contributed by atoms with Crippen molar-refractivity contribution < 1.29 is 0 Å². The van der Waals surface area contributed by atoms with Crippen LogP contribution >= 0.6 is 27.3 Å². The van der Waals surface area contributed by atoms with Crippen molar-refractivity contribution in [3.63, 3.8) is 0 Å². The molecule has 84 valence electrons. The predicted octanol–water partition coefficient (Wildman–Crippen LogP) is 2.82. The Labute approximate surface area is 104 Å². The van der Waals surface area contributed by atoms with Gasteiger partial charge in [0.05, 0.1) is 3.79 Å². The van der Waals surface area contributed by atoms with Crippen molar-refractivity contribution in [2.45, 2.75) is 37.9 Å². The van der Waals surface area contributed by atoms with Gasteiger partial charge in [-0.15, -0.1) is 11.3 Å². The maximum absolute atomic E-state index is 6.09. The van der Waals surface area contributed by atoms with Gasteiger partial charge < -0.3 is 5.73 Å². The first-order valence-electron chi connectivity index (χ1n) is 5.37. The summed E-state index contributed by atoms with van der Waals surface area (Å²) in [6.07, 6.45) is 3.72. The van der Waals surface area contributed by atoms with E-state index in [9.17, 15) is 0 Å². The third-order valence-corrected chi connectivity index (χ3v) is 4.74. The van der Waals surface area contributed by atoms with Gasteiger partial charge in [0.15, 0.2) is 0 Å². The zero-order chi connectivity index (χ0) is 10.8. The number of hydrogen-bond acceptors (Lipinski definition) is 3. The van der Waals surface area contributed by atoms with Crippen molar-refractivity contribution in [2.75, 3.05) is 7.05 Å². The first kappa shape index (κ1) is 11.6. The van der Waals surface area contributed by atoms with Crippen LogP contribution in [0.15, 0.2) is 15.9 Å². The largest absolute Gasteiger partial charge is 0.326 e. The highest BCUT2D eigenvalue weighted by Crippen LogP contribution is 2.26. The average molecular weight is 289 g/mol. The Kier molecular flexibility index (Phi) is 3.83. The monoisotopic (exact) mass is 288 g/mol. The molecule has 1 fully saturated rings. The Morgan fingerprint density at radius 3 is 2.87 bits per heavy atom. The number of halogens is 1. The van der Waals surface area contributed by atoms with Crippen molar-refractivity contribution in [3.05, 3.63) is 20.8 Å². The van der Waals surface area contributed by atoms with E-state index in [0.717, 1.165) is 6.54 Å². The second-order valence-corrected chi connectivity index (χ2v) is 6.83. The van der Waals surface area contributed by atoms with E-state index in [1.54, 1.807) is 0 Å². The van der Waals surface area contributed by atoms with Gasteiger partial charge in [0.25, 0.3) is 0 Å². The number of rotatable bonds is 3. The summed E-state index contributed by atoms with van der Waals surface area (Å²) < 4.78 is 1.21. The molecule has 0 radical (unpaired) electrons. The lowest BCUT2D eigenvalue weighted by atomic mass is 10.1. The van der Waals surface area contributed by atoms with Crippen LogP contribution in [0.25, 0.3) is 0 Å². The van der Waals surface area contributed by atoms with E-state index in [-0.39, 0.29) is 0 Å². The molecule has 1 saturated carbocycles. The van der Waals surface area contributed by atoms with Crippen molar-refractivity contribution in [1.82, 2.24) is 4.90 Å². The molecule has 0 saturated heterocycles. The van der Waals surface area contributed by atoms with Crippen molar-refractivity contribution >= 4 is 27.3 Å². The highest BCUT2D eigenvalue weighted by atomic mass is 79.9. The zero-order valence-electron chi connectivity index (χ0n) is 8.95. The number of nitrogens with two attached hydrogens (primary N) is 1. The average Bonchev–Trinajstić information content (AvgIpc) is 2.75. The van der Waals surface area contributed by atoms with Gasteiger partial charge in [-0.3, -0.25) is 4.90 Å². The smallest absolute Gasteiger partial charge is 0.0701 e. The van der Waals surface area contributed by atoms with Gasteiger partial charge in [-0.2, -0.15) is 0 Å². The molecule has 2 N–H and O–H groups in total. The fourth-order valence-electron chi connectivity index (χ4n) is 2.32. The van der Waals surface area contributed by atoms with E-state index in [4.69, 9.17) is 5.73 Å². The summed E-state index contributed by atoms with van der Waals surface area (Å²) in [5.74, 6) is 0. The molecule has 0 aromatic carbocycles. The molecule has 2 nitrogen and oxygen atoms in total. The van der Waals surface area contributed by atoms with Crippen LogP contribution < -0.4 is 5.73 Å². The molecule has 1 aromatic heterocycles. The summed E-state index contributed by atoms with van der Waals surface area (Å²) in [4.78, 5) is 3.80. The summed E-state index contributed by atoms with van der Waals surface area (Å²) in [7, 11) is 2.18. The fourth-order valence-corrected chi connectivity index (χ4v) is 3.86. The van der Waals surface area contributed by atoms with E-state index in [2.05, 4.69) is 40.0 Å². The molecule has 2 unspecified atom stereocenters. The summed E-state index contributed by atoms with van der Waals surface area (Å²) >= 11 is 5.30. The molecule has 1 heterocycles. The Hall–Kier alpha value is 0.1000. The van der Waals surface area contributed by atoms with Gasteiger partial charge in [-0.05, 0) is 48.0 Å². The SMILES string of the molecule is CN(Cc1ccc(Br)s1)C1CCCC1N. The normalized spacial score (nSPS) is 26.4. The van der Waals surface area contributed by atoms with Gasteiger partial charge in [-0.1, -0.05) is 6.42 Å². The van der Waals surface area contributed by atoms with Gasteiger partial charge in [0.2, 0.25) is 0 Å². The summed E-state index contributed by atoms with van der Waals surface area (Å²) in [5.41, 5.74) is 6.09. The first-order valence-corrected chi connectivity index (χ1v) is 6.98. The standard InChI is InChI=1S/C11H17BrN2S/c1-14(10-4-2-3-9(10)13)7-8-5-6-11(12)15-8/h5-6,9-10H,2-4,7,13H2,1H3. The predicted molar refractivity (Wildman–Crippen MR) is 69.1 cm³/mol. The minimum atomic E-state index is 0.374. The minimum Gasteiger partial charge on any atom is -0.326 e. The van der Waals surface area contributed by atoms with Crippen LogP contribution in [0.3, 0.4) is 0 Å². The van der Waals surface area contributed by atoms with Gasteiger partial charge in [0, 0.05) is 23.5 Å². The lowest BCUT2D eigenvalue weighted by Gasteiger charge is -2.27. The first-order chi connectivity index (χ1) is 7.16. The zero-order valence-corrected chi connectivity index (χ0v) is 11.4. The maximum atomic E-state index is 6.09. The highest BCUT2D eigenvalue weighted by Gasteiger charge is 2.27. The molecule has 1 aliphatic carbocycles. The van der Waals surface area contributed by atoms with Crippen LogP contribution in [0, 0.1) is 0 Å². The van der Waals surface area contributed by atoms with Gasteiger partial charge in [-0.25, -0.2) is 0 Å². The Bertz CT molecular complexity index is 326. The molecule has 0 spiro atoms. The van der Waals surface area contributed by atoms with Gasteiger partial charge >= 0.3 is 0 Å². The second kappa shape index (κ2) is 4.95.